The van der Waals surface area contributed by atoms with Crippen LogP contribution in [0.15, 0.2) is 61.2 Å². The molecule has 146 valence electrons. The van der Waals surface area contributed by atoms with E-state index in [0.717, 1.165) is 48.8 Å². The number of hydrogen-bond donors (Lipinski definition) is 4. The molecule has 0 saturated heterocycles. The second kappa shape index (κ2) is 11.1. The fraction of sp³-hybridized carbons (Fsp3) is 0.286. The normalized spacial score (nSPS) is 10.6. The van der Waals surface area contributed by atoms with E-state index in [4.69, 9.17) is 5.41 Å². The lowest BCUT2D eigenvalue weighted by Gasteiger charge is -2.11. The first-order chi connectivity index (χ1) is 13.8. The molecule has 28 heavy (non-hydrogen) atoms. The molecule has 2 heterocycles. The van der Waals surface area contributed by atoms with Crippen LogP contribution in [0.1, 0.15) is 17.8 Å². The molecule has 0 amide bonds. The van der Waals surface area contributed by atoms with Gasteiger partial charge in [-0.05, 0) is 24.5 Å². The van der Waals surface area contributed by atoms with Gasteiger partial charge in [0.15, 0.2) is 5.96 Å². The Kier molecular flexibility index (Phi) is 7.93. The van der Waals surface area contributed by atoms with Crippen LogP contribution in [-0.4, -0.2) is 39.8 Å². The van der Waals surface area contributed by atoms with Crippen LogP contribution in [-0.2, 0) is 12.2 Å². The molecule has 0 aliphatic carbocycles. The van der Waals surface area contributed by atoms with Crippen LogP contribution < -0.4 is 10.6 Å². The van der Waals surface area contributed by atoms with Crippen molar-refractivity contribution in [2.24, 2.45) is 0 Å². The Hall–Kier alpha value is -2.80. The number of thioether (sulfide) groups is 1. The summed E-state index contributed by atoms with van der Waals surface area (Å²) in [4.78, 5) is 11.7. The molecule has 4 N–H and O–H groups in total. The molecule has 0 radical (unpaired) electrons. The van der Waals surface area contributed by atoms with Gasteiger partial charge in [0.2, 0.25) is 0 Å². The monoisotopic (exact) mass is 394 g/mol. The van der Waals surface area contributed by atoms with Crippen molar-refractivity contribution in [1.82, 2.24) is 25.6 Å². The van der Waals surface area contributed by atoms with Crippen molar-refractivity contribution in [2.45, 2.75) is 18.6 Å². The largest absolute Gasteiger partial charge is 0.357 e. The van der Waals surface area contributed by atoms with Gasteiger partial charge in [-0.2, -0.15) is 11.8 Å². The van der Waals surface area contributed by atoms with Crippen molar-refractivity contribution in [2.75, 3.05) is 18.8 Å². The molecular formula is C21H26N6S. The number of hydrogen-bond acceptors (Lipinski definition) is 4. The predicted molar refractivity (Wildman–Crippen MR) is 116 cm³/mol. The lowest BCUT2D eigenvalue weighted by Crippen LogP contribution is -2.38. The van der Waals surface area contributed by atoms with Gasteiger partial charge in [-0.3, -0.25) is 10.4 Å². The average Bonchev–Trinajstić information content (AvgIpc) is 3.25. The molecular weight excluding hydrogens is 368 g/mol. The standard InChI is InChI=1S/C21H26N6S/c22-21(25-11-4-8-18-14-23-16-27-18)26-12-13-28-15-20-19(9-5-10-24-20)17-6-2-1-3-7-17/h1-3,5-7,9-10,14,16H,4,8,11-13,15H2,(H,23,27)(H3,22,25,26). The number of imidazole rings is 1. The quantitative estimate of drug-likeness (QED) is 0.240. The number of guanidine groups is 1. The number of pyridine rings is 1. The topological polar surface area (TPSA) is 89.5 Å². The van der Waals surface area contributed by atoms with E-state index >= 15 is 0 Å². The van der Waals surface area contributed by atoms with Gasteiger partial charge in [0.1, 0.15) is 0 Å². The summed E-state index contributed by atoms with van der Waals surface area (Å²) >= 11 is 1.82. The summed E-state index contributed by atoms with van der Waals surface area (Å²) in [5.41, 5.74) is 4.55. The number of aromatic nitrogens is 3. The highest BCUT2D eigenvalue weighted by atomic mass is 32.2. The van der Waals surface area contributed by atoms with Crippen LogP contribution in [0.3, 0.4) is 0 Å². The molecule has 0 saturated carbocycles. The van der Waals surface area contributed by atoms with Gasteiger partial charge in [-0.25, -0.2) is 4.98 Å². The Labute approximate surface area is 170 Å². The van der Waals surface area contributed by atoms with Crippen molar-refractivity contribution in [3.05, 3.63) is 72.6 Å². The number of nitrogens with one attached hydrogen (secondary N) is 4. The highest BCUT2D eigenvalue weighted by molar-refractivity contribution is 7.98. The minimum absolute atomic E-state index is 0.380. The molecule has 0 aliphatic heterocycles. The summed E-state index contributed by atoms with van der Waals surface area (Å²) < 4.78 is 0. The number of aromatic amines is 1. The highest BCUT2D eigenvalue weighted by Gasteiger charge is 2.05. The first-order valence-electron chi connectivity index (χ1n) is 9.44. The molecule has 0 atom stereocenters. The average molecular weight is 395 g/mol. The van der Waals surface area contributed by atoms with Gasteiger partial charge in [0.25, 0.3) is 0 Å². The molecule has 7 heteroatoms. The summed E-state index contributed by atoms with van der Waals surface area (Å²) in [7, 11) is 0. The molecule has 3 rings (SSSR count). The van der Waals surface area contributed by atoms with Crippen molar-refractivity contribution in [1.29, 1.82) is 5.41 Å². The SMILES string of the molecule is N=C(NCCCc1c[nH]cn1)NCCSCc1ncccc1-c1ccccc1. The summed E-state index contributed by atoms with van der Waals surface area (Å²) in [6, 6.07) is 14.5. The second-order valence-electron chi connectivity index (χ2n) is 6.31. The highest BCUT2D eigenvalue weighted by Crippen LogP contribution is 2.24. The fourth-order valence-electron chi connectivity index (χ4n) is 2.82. The lowest BCUT2D eigenvalue weighted by molar-refractivity contribution is 0.739. The maximum Gasteiger partial charge on any atom is 0.188 e. The zero-order chi connectivity index (χ0) is 19.4. The van der Waals surface area contributed by atoms with E-state index in [9.17, 15) is 0 Å². The third-order valence-corrected chi connectivity index (χ3v) is 5.20. The molecule has 3 aromatic rings. The molecule has 0 fully saturated rings. The molecule has 0 aliphatic rings. The van der Waals surface area contributed by atoms with Gasteiger partial charge in [0.05, 0.1) is 17.7 Å². The smallest absolute Gasteiger partial charge is 0.188 e. The minimum Gasteiger partial charge on any atom is -0.357 e. The fourth-order valence-corrected chi connectivity index (χ4v) is 3.64. The molecule has 6 nitrogen and oxygen atoms in total. The van der Waals surface area contributed by atoms with Gasteiger partial charge in [-0.15, -0.1) is 0 Å². The zero-order valence-corrected chi connectivity index (χ0v) is 16.6. The molecule has 0 spiro atoms. The van der Waals surface area contributed by atoms with E-state index in [-0.39, 0.29) is 0 Å². The van der Waals surface area contributed by atoms with E-state index in [2.05, 4.69) is 55.9 Å². The molecule has 0 unspecified atom stereocenters. The Bertz CT molecular complexity index is 835. The van der Waals surface area contributed by atoms with E-state index in [1.807, 2.05) is 36.3 Å². The van der Waals surface area contributed by atoms with Crippen LogP contribution in [0, 0.1) is 5.41 Å². The summed E-state index contributed by atoms with van der Waals surface area (Å²) in [5.74, 6) is 2.16. The van der Waals surface area contributed by atoms with Gasteiger partial charge in [-0.1, -0.05) is 36.4 Å². The summed E-state index contributed by atoms with van der Waals surface area (Å²) in [6.07, 6.45) is 7.31. The van der Waals surface area contributed by atoms with Crippen LogP contribution >= 0.6 is 11.8 Å². The van der Waals surface area contributed by atoms with Crippen molar-refractivity contribution in [3.8, 4) is 11.1 Å². The van der Waals surface area contributed by atoms with Gasteiger partial charge >= 0.3 is 0 Å². The third-order valence-electron chi connectivity index (χ3n) is 4.23. The second-order valence-corrected chi connectivity index (χ2v) is 7.41. The van der Waals surface area contributed by atoms with E-state index in [1.165, 1.54) is 11.1 Å². The number of rotatable bonds is 10. The zero-order valence-electron chi connectivity index (χ0n) is 15.8. The van der Waals surface area contributed by atoms with E-state index < -0.39 is 0 Å². The molecule has 0 bridgehead atoms. The van der Waals surface area contributed by atoms with E-state index in [1.54, 1.807) is 6.33 Å². The Morgan fingerprint density at radius 1 is 1.04 bits per heavy atom. The van der Waals surface area contributed by atoms with Crippen LogP contribution in [0.4, 0.5) is 0 Å². The maximum atomic E-state index is 7.92. The lowest BCUT2D eigenvalue weighted by atomic mass is 10.1. The van der Waals surface area contributed by atoms with Crippen LogP contribution in [0.25, 0.3) is 11.1 Å². The Morgan fingerprint density at radius 2 is 1.89 bits per heavy atom. The molecule has 1 aromatic carbocycles. The third kappa shape index (κ3) is 6.42. The number of benzene rings is 1. The van der Waals surface area contributed by atoms with Crippen molar-refractivity contribution < 1.29 is 0 Å². The van der Waals surface area contributed by atoms with Gasteiger partial charge in [0, 0.05) is 42.6 Å². The summed E-state index contributed by atoms with van der Waals surface area (Å²) in [5, 5.41) is 14.1. The first-order valence-corrected chi connectivity index (χ1v) is 10.6. The predicted octanol–water partition coefficient (Wildman–Crippen LogP) is 3.45. The summed E-state index contributed by atoms with van der Waals surface area (Å²) in [6.45, 7) is 1.52. The maximum absolute atomic E-state index is 7.92. The van der Waals surface area contributed by atoms with Crippen molar-refractivity contribution >= 4 is 17.7 Å². The van der Waals surface area contributed by atoms with Crippen LogP contribution in [0.2, 0.25) is 0 Å². The van der Waals surface area contributed by atoms with Gasteiger partial charge < -0.3 is 15.6 Å². The van der Waals surface area contributed by atoms with Crippen LogP contribution in [0.5, 0.6) is 0 Å². The Morgan fingerprint density at radius 3 is 2.71 bits per heavy atom. The van der Waals surface area contributed by atoms with E-state index in [0.29, 0.717) is 5.96 Å². The number of nitrogens with zero attached hydrogens (tertiary/aromatic N) is 2. The minimum atomic E-state index is 0.380. The van der Waals surface area contributed by atoms with Crippen molar-refractivity contribution in [3.63, 3.8) is 0 Å². The Balaban J connectivity index is 1.31. The molecule has 2 aromatic heterocycles. The first kappa shape index (κ1) is 19.9. The number of aryl methyl sites for hydroxylation is 1. The number of H-pyrrole nitrogens is 1.